The zero-order valence-electron chi connectivity index (χ0n) is 19.4. The average Bonchev–Trinajstić information content (AvgIpc) is 2.92. The van der Waals surface area contributed by atoms with E-state index < -0.39 is 11.2 Å². The van der Waals surface area contributed by atoms with Crippen LogP contribution in [0.1, 0.15) is 98.8 Å². The van der Waals surface area contributed by atoms with Gasteiger partial charge in [-0.3, -0.25) is 0 Å². The Morgan fingerprint density at radius 3 is 2.48 bits per heavy atom. The number of hydrogen-bond donors (Lipinski definition) is 3. The molecule has 29 heavy (non-hydrogen) atoms. The van der Waals surface area contributed by atoms with Crippen molar-refractivity contribution in [2.24, 2.45) is 34.5 Å². The summed E-state index contributed by atoms with van der Waals surface area (Å²) in [6.07, 6.45) is 12.4. The van der Waals surface area contributed by atoms with Crippen molar-refractivity contribution in [3.05, 3.63) is 11.6 Å². The molecule has 4 aliphatic rings. The molecule has 0 radical (unpaired) electrons. The maximum absolute atomic E-state index is 12.0. The molecule has 0 aliphatic heterocycles. The van der Waals surface area contributed by atoms with E-state index in [0.717, 1.165) is 57.8 Å². The molecule has 0 aromatic heterocycles. The first-order chi connectivity index (χ1) is 13.4. The molecule has 0 bridgehead atoms. The molecule has 3 heteroatoms. The van der Waals surface area contributed by atoms with Crippen molar-refractivity contribution in [2.45, 2.75) is 116 Å². The van der Waals surface area contributed by atoms with Crippen molar-refractivity contribution >= 4 is 0 Å². The van der Waals surface area contributed by atoms with E-state index in [0.29, 0.717) is 17.8 Å². The van der Waals surface area contributed by atoms with Gasteiger partial charge in [0.25, 0.3) is 0 Å². The van der Waals surface area contributed by atoms with Crippen molar-refractivity contribution in [3.63, 3.8) is 0 Å². The zero-order chi connectivity index (χ0) is 21.2. The summed E-state index contributed by atoms with van der Waals surface area (Å²) in [6, 6.07) is 0. The Bertz CT molecular complexity index is 663. The van der Waals surface area contributed by atoms with E-state index in [2.05, 4.69) is 26.8 Å². The molecule has 8 atom stereocenters. The van der Waals surface area contributed by atoms with E-state index in [-0.39, 0.29) is 22.9 Å². The third kappa shape index (κ3) is 3.34. The first kappa shape index (κ1) is 21.8. The number of allylic oxidation sites excluding steroid dienone is 1. The van der Waals surface area contributed by atoms with Gasteiger partial charge in [0, 0.05) is 0 Å². The topological polar surface area (TPSA) is 60.7 Å². The Morgan fingerprint density at radius 1 is 1.10 bits per heavy atom. The van der Waals surface area contributed by atoms with Gasteiger partial charge in [0.2, 0.25) is 0 Å². The Hall–Kier alpha value is -0.380. The molecule has 3 N–H and O–H groups in total. The molecule has 4 rings (SSSR count). The highest BCUT2D eigenvalue weighted by atomic mass is 16.3. The maximum Gasteiger partial charge on any atom is 0.0729 e. The second kappa shape index (κ2) is 7.07. The van der Waals surface area contributed by atoms with Crippen molar-refractivity contribution in [1.29, 1.82) is 0 Å². The van der Waals surface area contributed by atoms with Crippen molar-refractivity contribution in [3.8, 4) is 0 Å². The molecule has 3 nitrogen and oxygen atoms in total. The van der Waals surface area contributed by atoms with Gasteiger partial charge >= 0.3 is 0 Å². The van der Waals surface area contributed by atoms with Gasteiger partial charge in [-0.05, 0) is 113 Å². The number of rotatable bonds is 4. The van der Waals surface area contributed by atoms with Crippen LogP contribution in [0.15, 0.2) is 11.6 Å². The second-order valence-electron chi connectivity index (χ2n) is 12.3. The van der Waals surface area contributed by atoms with E-state index in [1.165, 1.54) is 12.0 Å². The van der Waals surface area contributed by atoms with Crippen molar-refractivity contribution in [1.82, 2.24) is 0 Å². The van der Waals surface area contributed by atoms with E-state index in [1.807, 2.05) is 13.8 Å². The summed E-state index contributed by atoms with van der Waals surface area (Å²) in [7, 11) is 0. The lowest BCUT2D eigenvalue weighted by molar-refractivity contribution is -0.152. The highest BCUT2D eigenvalue weighted by Gasteiger charge is 2.64. The fraction of sp³-hybridized carbons (Fsp3) is 0.923. The lowest BCUT2D eigenvalue weighted by Crippen LogP contribution is -2.56. The second-order valence-corrected chi connectivity index (χ2v) is 12.3. The number of aliphatic hydroxyl groups excluding tert-OH is 1. The number of hydrogen-bond acceptors (Lipinski definition) is 3. The van der Waals surface area contributed by atoms with Gasteiger partial charge in [0.05, 0.1) is 17.3 Å². The fourth-order valence-electron chi connectivity index (χ4n) is 8.31. The van der Waals surface area contributed by atoms with Gasteiger partial charge in [0.1, 0.15) is 0 Å². The van der Waals surface area contributed by atoms with Gasteiger partial charge in [0.15, 0.2) is 0 Å². The molecule has 0 spiro atoms. The Morgan fingerprint density at radius 2 is 1.79 bits per heavy atom. The van der Waals surface area contributed by atoms with Crippen LogP contribution in [0.25, 0.3) is 0 Å². The minimum atomic E-state index is -0.661. The lowest BCUT2D eigenvalue weighted by atomic mass is 9.46. The van der Waals surface area contributed by atoms with Crippen LogP contribution in [-0.4, -0.2) is 32.6 Å². The van der Waals surface area contributed by atoms with Crippen LogP contribution in [-0.2, 0) is 0 Å². The third-order valence-electron chi connectivity index (χ3n) is 10.3. The molecule has 0 saturated heterocycles. The van der Waals surface area contributed by atoms with Crippen LogP contribution in [0.4, 0.5) is 0 Å². The highest BCUT2D eigenvalue weighted by molar-refractivity contribution is 5.26. The number of fused-ring (bicyclic) bond motifs is 5. The molecule has 0 aromatic carbocycles. The predicted octanol–water partition coefficient (Wildman–Crippen LogP) is 5.23. The van der Waals surface area contributed by atoms with E-state index >= 15 is 0 Å². The molecule has 4 aliphatic carbocycles. The van der Waals surface area contributed by atoms with Gasteiger partial charge in [-0.25, -0.2) is 0 Å². The summed E-state index contributed by atoms with van der Waals surface area (Å²) in [4.78, 5) is 0. The third-order valence-corrected chi connectivity index (χ3v) is 10.3. The Balaban J connectivity index is 1.57. The molecular formula is C26H44O3. The molecule has 166 valence electrons. The quantitative estimate of drug-likeness (QED) is 0.562. The SMILES string of the molecule is C[C@H](CCC(C)(C)O)[C@@]1(O)CCC2C3CC=C4C[C@@H](O)CC[C@]4(C)C3CC[C@@]21C. The molecular weight excluding hydrogens is 360 g/mol. The maximum atomic E-state index is 12.0. The minimum Gasteiger partial charge on any atom is -0.393 e. The van der Waals surface area contributed by atoms with Crippen molar-refractivity contribution < 1.29 is 15.3 Å². The normalized spacial score (nSPS) is 48.3. The molecule has 3 saturated carbocycles. The van der Waals surface area contributed by atoms with Gasteiger partial charge < -0.3 is 15.3 Å². The smallest absolute Gasteiger partial charge is 0.0729 e. The summed E-state index contributed by atoms with van der Waals surface area (Å²) in [5, 5.41) is 32.4. The summed E-state index contributed by atoms with van der Waals surface area (Å²) < 4.78 is 0. The monoisotopic (exact) mass is 404 g/mol. The first-order valence-corrected chi connectivity index (χ1v) is 12.2. The molecule has 0 heterocycles. The van der Waals surface area contributed by atoms with E-state index in [9.17, 15) is 15.3 Å². The molecule has 3 unspecified atom stereocenters. The Kier molecular flexibility index (Phi) is 5.32. The van der Waals surface area contributed by atoms with Crippen LogP contribution < -0.4 is 0 Å². The molecule has 0 amide bonds. The summed E-state index contributed by atoms with van der Waals surface area (Å²) in [5.41, 5.74) is 0.501. The molecule has 0 aromatic rings. The van der Waals surface area contributed by atoms with Gasteiger partial charge in [-0.2, -0.15) is 0 Å². The van der Waals surface area contributed by atoms with E-state index in [1.54, 1.807) is 0 Å². The number of aliphatic hydroxyl groups is 3. The first-order valence-electron chi connectivity index (χ1n) is 12.2. The minimum absolute atomic E-state index is 0.0108. The summed E-state index contributed by atoms with van der Waals surface area (Å²) in [5.74, 6) is 2.20. The highest BCUT2D eigenvalue weighted by Crippen LogP contribution is 2.68. The van der Waals surface area contributed by atoms with Crippen molar-refractivity contribution in [2.75, 3.05) is 0 Å². The summed E-state index contributed by atoms with van der Waals surface area (Å²) >= 11 is 0. The molecule has 3 fully saturated rings. The van der Waals surface area contributed by atoms with Crippen LogP contribution in [0.2, 0.25) is 0 Å². The fourth-order valence-corrected chi connectivity index (χ4v) is 8.31. The lowest BCUT2D eigenvalue weighted by Gasteiger charge is -2.59. The van der Waals surface area contributed by atoms with Crippen LogP contribution >= 0.6 is 0 Å². The summed E-state index contributed by atoms with van der Waals surface area (Å²) in [6.45, 7) is 10.8. The Labute approximate surface area is 178 Å². The predicted molar refractivity (Wildman–Crippen MR) is 117 cm³/mol. The van der Waals surface area contributed by atoms with Gasteiger partial charge in [-0.1, -0.05) is 32.4 Å². The largest absolute Gasteiger partial charge is 0.393 e. The standard InChI is InChI=1S/C26H44O3/c1-17(8-12-23(2,3)28)26(29)15-11-22-20-7-6-18-16-19(27)9-13-24(18,4)21(20)10-14-25(22,26)5/h6,17,19-22,27-29H,7-16H2,1-5H3/t17-,19+,20?,21?,22?,24+,25+,26+/m1/s1. The van der Waals surface area contributed by atoms with Crippen LogP contribution in [0.3, 0.4) is 0 Å². The average molecular weight is 405 g/mol. The zero-order valence-corrected chi connectivity index (χ0v) is 19.4. The van der Waals surface area contributed by atoms with E-state index in [4.69, 9.17) is 0 Å². The van der Waals surface area contributed by atoms with Crippen LogP contribution in [0, 0.1) is 34.5 Å². The van der Waals surface area contributed by atoms with Crippen LogP contribution in [0.5, 0.6) is 0 Å². The van der Waals surface area contributed by atoms with Gasteiger partial charge in [-0.15, -0.1) is 0 Å².